The number of halogens is 1. The van der Waals surface area contributed by atoms with Crippen molar-refractivity contribution < 1.29 is 10.5 Å². The molecular formula is H5ClNa2O2. The molecule has 2 nitrogen and oxygen atoms in total. The summed E-state index contributed by atoms with van der Waals surface area (Å²) in [7, 11) is 0. The molecule has 0 fully saturated rings. The van der Waals surface area contributed by atoms with Crippen molar-refractivity contribution in [2.24, 2.45) is 0 Å². The van der Waals surface area contributed by atoms with Crippen molar-refractivity contribution in [1.82, 2.24) is 0 Å². The van der Waals surface area contributed by atoms with Crippen molar-refractivity contribution in [3.8, 4) is 0 Å². The van der Waals surface area contributed by atoms with Gasteiger partial charge in [0.15, 0.2) is 0 Å². The van der Waals surface area contributed by atoms with Gasteiger partial charge in [-0.15, -0.1) is 12.4 Å². The molecule has 0 heterocycles. The Morgan fingerprint density at radius 1 is 0.800 bits per heavy atom. The molecule has 5 heteroatoms. The van der Waals surface area contributed by atoms with Crippen LogP contribution in [0.5, 0.6) is 0 Å². The molecule has 0 aromatic rings. The van der Waals surface area contributed by atoms with Gasteiger partial charge in [-0.2, -0.15) is 0 Å². The van der Waals surface area contributed by atoms with Crippen LogP contribution in [0.4, 0.5) is 0 Å². The Hall–Kier alpha value is 2.21. The summed E-state index contributed by atoms with van der Waals surface area (Å²) in [6, 6.07) is 0. The fraction of sp³-hybridized carbons (Fsp3) is 0. The zero-order chi connectivity index (χ0) is 2.00. The summed E-state index contributed by atoms with van der Waals surface area (Å²) >= 11 is 0. The molecule has 0 spiro atoms. The molecule has 0 aliphatic carbocycles. The van der Waals surface area contributed by atoms with Crippen molar-refractivity contribution in [2.45, 2.75) is 0 Å². The second-order valence-electron chi connectivity index (χ2n) is 0. The third-order valence-electron chi connectivity index (χ3n) is 0. The van der Waals surface area contributed by atoms with Crippen LogP contribution in [0.25, 0.3) is 0 Å². The summed E-state index contributed by atoms with van der Waals surface area (Å²) < 4.78 is 0. The van der Waals surface area contributed by atoms with E-state index >= 15 is 0 Å². The Kier molecular flexibility index (Phi) is 186. The Balaban J connectivity index is -0.00000000167. The molecule has 0 saturated carbocycles. The van der Waals surface area contributed by atoms with E-state index in [1.807, 2.05) is 0 Å². The molecule has 0 amide bonds. The van der Waals surface area contributed by atoms with Gasteiger partial charge in [0, 0.05) is 0 Å². The maximum absolute atomic E-state index is 6.00. The molecule has 0 atom stereocenters. The van der Waals surface area contributed by atoms with E-state index in [9.17, 15) is 0 Å². The van der Waals surface area contributed by atoms with Gasteiger partial charge in [-0.05, 0) is 0 Å². The third-order valence-corrected chi connectivity index (χ3v) is 0. The van der Waals surface area contributed by atoms with Crippen LogP contribution in [0, 0.1) is 0 Å². The van der Waals surface area contributed by atoms with Gasteiger partial charge in [-0.3, -0.25) is 10.5 Å². The SMILES string of the molecule is Cl.OO.[NaH].[NaH]. The molecule has 0 saturated heterocycles. The normalized spacial score (nSPS) is 1.20. The minimum absolute atomic E-state index is 0. The van der Waals surface area contributed by atoms with Gasteiger partial charge >= 0.3 is 59.1 Å². The van der Waals surface area contributed by atoms with Crippen molar-refractivity contribution in [3.05, 3.63) is 0 Å². The Bertz CT molecular complexity index is 7.61. The molecule has 0 aromatic heterocycles. The van der Waals surface area contributed by atoms with Gasteiger partial charge in [0.05, 0.1) is 0 Å². The molecule has 0 aliphatic heterocycles. The van der Waals surface area contributed by atoms with Gasteiger partial charge in [-0.1, -0.05) is 0 Å². The van der Waals surface area contributed by atoms with Crippen LogP contribution in [-0.2, 0) is 0 Å². The Morgan fingerprint density at radius 2 is 0.800 bits per heavy atom. The van der Waals surface area contributed by atoms with E-state index in [1.54, 1.807) is 0 Å². The van der Waals surface area contributed by atoms with E-state index in [0.717, 1.165) is 0 Å². The third kappa shape index (κ3) is 22.5. The van der Waals surface area contributed by atoms with Gasteiger partial charge in [0.2, 0.25) is 0 Å². The first-order valence-corrected chi connectivity index (χ1v) is 0.200. The Morgan fingerprint density at radius 3 is 0.800 bits per heavy atom. The summed E-state index contributed by atoms with van der Waals surface area (Å²) in [6.45, 7) is 0. The van der Waals surface area contributed by atoms with Crippen LogP contribution in [0.3, 0.4) is 0 Å². The van der Waals surface area contributed by atoms with Gasteiger partial charge in [0.25, 0.3) is 0 Å². The zero-order valence-electron chi connectivity index (χ0n) is 1.30. The molecule has 0 bridgehead atoms. The van der Waals surface area contributed by atoms with Crippen LogP contribution in [0.1, 0.15) is 0 Å². The second-order valence-corrected chi connectivity index (χ2v) is 0. The fourth-order valence-electron chi connectivity index (χ4n) is 0. The molecule has 0 aliphatic rings. The summed E-state index contributed by atoms with van der Waals surface area (Å²) in [5, 5.41) is 12.0. The summed E-state index contributed by atoms with van der Waals surface area (Å²) in [5.74, 6) is 0. The number of rotatable bonds is 0. The topological polar surface area (TPSA) is 40.5 Å². The molecular weight excluding hydrogens is 113 g/mol. The molecule has 26 valence electrons. The van der Waals surface area contributed by atoms with E-state index in [0.29, 0.717) is 0 Å². The summed E-state index contributed by atoms with van der Waals surface area (Å²) in [6.07, 6.45) is 0. The molecule has 0 aromatic carbocycles. The van der Waals surface area contributed by atoms with E-state index in [-0.39, 0.29) is 71.5 Å². The quantitative estimate of drug-likeness (QED) is 0.247. The van der Waals surface area contributed by atoms with Gasteiger partial charge < -0.3 is 0 Å². The average molecular weight is 118 g/mol. The predicted molar refractivity (Wildman–Crippen MR) is 26.8 cm³/mol. The van der Waals surface area contributed by atoms with E-state index < -0.39 is 0 Å². The molecule has 2 N–H and O–H groups in total. The van der Waals surface area contributed by atoms with Crippen LogP contribution >= 0.6 is 12.4 Å². The van der Waals surface area contributed by atoms with Crippen molar-refractivity contribution in [2.75, 3.05) is 0 Å². The van der Waals surface area contributed by atoms with E-state index in [4.69, 9.17) is 10.5 Å². The standard InChI is InChI=1S/ClH.2Na.H2O2.2H/c;;;1-2;;/h1H;;;1-2H;;. The molecule has 0 unspecified atom stereocenters. The minimum atomic E-state index is 0. The van der Waals surface area contributed by atoms with Crippen LogP contribution in [0.2, 0.25) is 0 Å². The average Bonchev–Trinajstić information content (AvgIpc) is 1.00. The van der Waals surface area contributed by atoms with Crippen LogP contribution < -0.4 is 0 Å². The fourth-order valence-corrected chi connectivity index (χ4v) is 0. The first-order chi connectivity index (χ1) is 1.00. The molecule has 0 rings (SSSR count). The Labute approximate surface area is 80.9 Å². The predicted octanol–water partition coefficient (Wildman–Crippen LogP) is -0.858. The number of hydrogen-bond acceptors (Lipinski definition) is 2. The van der Waals surface area contributed by atoms with Crippen LogP contribution in [0.15, 0.2) is 0 Å². The van der Waals surface area contributed by atoms with Gasteiger partial charge in [0.1, 0.15) is 0 Å². The second kappa shape index (κ2) is 34.5. The maximum atomic E-state index is 6.00. The first kappa shape index (κ1) is 27.0. The molecule has 5 heavy (non-hydrogen) atoms. The molecule has 0 radical (unpaired) electrons. The number of hydrogen-bond donors (Lipinski definition) is 2. The summed E-state index contributed by atoms with van der Waals surface area (Å²) in [4.78, 5) is 0. The van der Waals surface area contributed by atoms with Crippen molar-refractivity contribution >= 4 is 71.5 Å². The first-order valence-electron chi connectivity index (χ1n) is 0.200. The van der Waals surface area contributed by atoms with E-state index in [1.165, 1.54) is 0 Å². The monoisotopic (exact) mass is 118 g/mol. The van der Waals surface area contributed by atoms with Crippen molar-refractivity contribution in [3.63, 3.8) is 0 Å². The van der Waals surface area contributed by atoms with Crippen LogP contribution in [-0.4, -0.2) is 69.6 Å². The van der Waals surface area contributed by atoms with Gasteiger partial charge in [-0.25, -0.2) is 0 Å². The zero-order valence-corrected chi connectivity index (χ0v) is 2.12. The van der Waals surface area contributed by atoms with Crippen molar-refractivity contribution in [1.29, 1.82) is 0 Å². The summed E-state index contributed by atoms with van der Waals surface area (Å²) in [5.41, 5.74) is 0. The van der Waals surface area contributed by atoms with E-state index in [2.05, 4.69) is 0 Å².